The number of benzene rings is 1. The van der Waals surface area contributed by atoms with Crippen LogP contribution in [0.25, 0.3) is 0 Å². The second-order valence-corrected chi connectivity index (χ2v) is 4.63. The molecule has 19 heavy (non-hydrogen) atoms. The number of carbonyl (C=O) groups is 1. The number of cyclic esters (lactones) is 1. The van der Waals surface area contributed by atoms with Crippen LogP contribution >= 0.6 is 0 Å². The molecule has 0 unspecified atom stereocenters. The molecule has 1 heterocycles. The zero-order valence-electron chi connectivity index (χ0n) is 10.3. The Balaban J connectivity index is 2.15. The van der Waals surface area contributed by atoms with Gasteiger partial charge < -0.3 is 9.84 Å². The molecule has 2 rings (SSSR count). The Morgan fingerprint density at radius 3 is 2.58 bits per heavy atom. The van der Waals surface area contributed by atoms with Gasteiger partial charge in [0.05, 0.1) is 18.4 Å². The van der Waals surface area contributed by atoms with Crippen molar-refractivity contribution in [3.63, 3.8) is 0 Å². The maximum Gasteiger partial charge on any atom is 0.310 e. The number of nitro groups is 1. The number of nitrogens with zero attached hydrogens (tertiary/aromatic N) is 1. The van der Waals surface area contributed by atoms with E-state index in [4.69, 9.17) is 9.84 Å². The summed E-state index contributed by atoms with van der Waals surface area (Å²) in [7, 11) is 0. The highest BCUT2D eigenvalue weighted by atomic mass is 16.6. The first-order chi connectivity index (χ1) is 9.11. The normalized spacial score (nSPS) is 26.2. The van der Waals surface area contributed by atoms with Gasteiger partial charge in [-0.2, -0.15) is 0 Å². The first-order valence-electron chi connectivity index (χ1n) is 6.09. The summed E-state index contributed by atoms with van der Waals surface area (Å²) in [4.78, 5) is 22.0. The monoisotopic (exact) mass is 265 g/mol. The van der Waals surface area contributed by atoms with Gasteiger partial charge in [0.25, 0.3) is 0 Å². The minimum Gasteiger partial charge on any atom is -0.459 e. The Labute approximate surface area is 110 Å². The molecule has 0 aromatic heterocycles. The first-order valence-corrected chi connectivity index (χ1v) is 6.09. The number of ether oxygens (including phenoxy) is 1. The van der Waals surface area contributed by atoms with Gasteiger partial charge in [0.2, 0.25) is 6.54 Å². The van der Waals surface area contributed by atoms with Crippen molar-refractivity contribution in [1.29, 1.82) is 0 Å². The smallest absolute Gasteiger partial charge is 0.310 e. The summed E-state index contributed by atoms with van der Waals surface area (Å²) in [6.45, 7) is -0.746. The molecule has 0 spiro atoms. The van der Waals surface area contributed by atoms with Crippen molar-refractivity contribution in [2.45, 2.75) is 12.5 Å². The average Bonchev–Trinajstić information content (AvgIpc) is 2.67. The van der Waals surface area contributed by atoms with Crippen LogP contribution < -0.4 is 0 Å². The molecule has 102 valence electrons. The molecule has 0 aliphatic carbocycles. The second kappa shape index (κ2) is 5.79. The van der Waals surface area contributed by atoms with E-state index in [2.05, 4.69) is 0 Å². The molecule has 1 aliphatic rings. The topological polar surface area (TPSA) is 89.7 Å². The third kappa shape index (κ3) is 3.08. The molecule has 6 nitrogen and oxygen atoms in total. The van der Waals surface area contributed by atoms with Crippen LogP contribution in [0.5, 0.6) is 0 Å². The van der Waals surface area contributed by atoms with Gasteiger partial charge in [-0.05, 0) is 12.0 Å². The second-order valence-electron chi connectivity index (χ2n) is 4.63. The molecule has 6 heteroatoms. The van der Waals surface area contributed by atoms with Crippen molar-refractivity contribution in [1.82, 2.24) is 0 Å². The SMILES string of the molecule is O=C1O[C@H](CO)[C@H](C[N+](=O)[O-])[C@H]1Cc1ccccc1. The molecule has 0 bridgehead atoms. The molecule has 1 aromatic carbocycles. The fourth-order valence-electron chi connectivity index (χ4n) is 2.45. The van der Waals surface area contributed by atoms with Crippen molar-refractivity contribution in [2.75, 3.05) is 13.2 Å². The van der Waals surface area contributed by atoms with Crippen molar-refractivity contribution in [2.24, 2.45) is 11.8 Å². The van der Waals surface area contributed by atoms with Gasteiger partial charge in [0.15, 0.2) is 0 Å². The Morgan fingerprint density at radius 1 is 1.32 bits per heavy atom. The van der Waals surface area contributed by atoms with E-state index in [0.717, 1.165) is 5.56 Å². The van der Waals surface area contributed by atoms with Gasteiger partial charge in [0, 0.05) is 4.92 Å². The third-order valence-corrected chi connectivity index (χ3v) is 3.40. The molecule has 1 aliphatic heterocycles. The van der Waals surface area contributed by atoms with Crippen LogP contribution in [0.4, 0.5) is 0 Å². The minimum atomic E-state index is -0.772. The molecule has 1 aromatic rings. The van der Waals surface area contributed by atoms with E-state index in [1.807, 2.05) is 30.3 Å². The number of hydrogen-bond acceptors (Lipinski definition) is 5. The highest BCUT2D eigenvalue weighted by Gasteiger charge is 2.46. The van der Waals surface area contributed by atoms with E-state index in [9.17, 15) is 14.9 Å². The number of hydrogen-bond donors (Lipinski definition) is 1. The lowest BCUT2D eigenvalue weighted by Crippen LogP contribution is -2.31. The van der Waals surface area contributed by atoms with E-state index >= 15 is 0 Å². The largest absolute Gasteiger partial charge is 0.459 e. The summed E-state index contributed by atoms with van der Waals surface area (Å²) in [5, 5.41) is 19.8. The zero-order valence-corrected chi connectivity index (χ0v) is 10.3. The number of rotatable bonds is 5. The van der Waals surface area contributed by atoms with E-state index < -0.39 is 28.8 Å². The van der Waals surface area contributed by atoms with Crippen molar-refractivity contribution >= 4 is 5.97 Å². The van der Waals surface area contributed by atoms with Crippen LogP contribution in [-0.2, 0) is 16.0 Å². The van der Waals surface area contributed by atoms with Crippen molar-refractivity contribution in [3.8, 4) is 0 Å². The molecule has 3 atom stereocenters. The number of carbonyl (C=O) groups excluding carboxylic acids is 1. The van der Waals surface area contributed by atoms with E-state index in [1.165, 1.54) is 0 Å². The Bertz CT molecular complexity index is 461. The molecular weight excluding hydrogens is 250 g/mol. The van der Waals surface area contributed by atoms with Crippen LogP contribution in [-0.4, -0.2) is 35.3 Å². The Kier molecular flexibility index (Phi) is 4.11. The highest BCUT2D eigenvalue weighted by Crippen LogP contribution is 2.31. The predicted octanol–water partition coefficient (Wildman–Crippen LogP) is 0.656. The van der Waals surface area contributed by atoms with Gasteiger partial charge in [-0.1, -0.05) is 30.3 Å². The molecule has 0 amide bonds. The lowest BCUT2D eigenvalue weighted by atomic mass is 9.86. The maximum absolute atomic E-state index is 11.8. The van der Waals surface area contributed by atoms with Gasteiger partial charge in [0.1, 0.15) is 6.10 Å². The van der Waals surface area contributed by atoms with Crippen molar-refractivity contribution < 1.29 is 19.6 Å². The van der Waals surface area contributed by atoms with E-state index in [0.29, 0.717) is 6.42 Å². The van der Waals surface area contributed by atoms with Gasteiger partial charge >= 0.3 is 5.97 Å². The number of esters is 1. The van der Waals surface area contributed by atoms with Crippen LogP contribution in [0, 0.1) is 22.0 Å². The lowest BCUT2D eigenvalue weighted by Gasteiger charge is -2.15. The summed E-state index contributed by atoms with van der Waals surface area (Å²) in [6.07, 6.45) is -0.374. The van der Waals surface area contributed by atoms with Gasteiger partial charge in [-0.25, -0.2) is 0 Å². The molecular formula is C13H15NO5. The lowest BCUT2D eigenvalue weighted by molar-refractivity contribution is -0.490. The quantitative estimate of drug-likeness (QED) is 0.480. The zero-order chi connectivity index (χ0) is 13.8. The maximum atomic E-state index is 11.8. The highest BCUT2D eigenvalue weighted by molar-refractivity contribution is 5.75. The van der Waals surface area contributed by atoms with Crippen LogP contribution in [0.3, 0.4) is 0 Å². The summed E-state index contributed by atoms with van der Waals surface area (Å²) < 4.78 is 5.02. The Morgan fingerprint density at radius 2 is 2.00 bits per heavy atom. The summed E-state index contributed by atoms with van der Waals surface area (Å²) in [5.41, 5.74) is 0.927. The van der Waals surface area contributed by atoms with Crippen LogP contribution in [0.1, 0.15) is 5.56 Å². The summed E-state index contributed by atoms with van der Waals surface area (Å²) in [6, 6.07) is 9.29. The molecule has 1 fully saturated rings. The molecule has 1 N–H and O–H groups in total. The van der Waals surface area contributed by atoms with Crippen LogP contribution in [0.2, 0.25) is 0 Å². The summed E-state index contributed by atoms with van der Waals surface area (Å²) >= 11 is 0. The number of aliphatic hydroxyl groups is 1. The summed E-state index contributed by atoms with van der Waals surface area (Å²) in [5.74, 6) is -1.60. The molecule has 0 radical (unpaired) electrons. The fourth-order valence-corrected chi connectivity index (χ4v) is 2.45. The van der Waals surface area contributed by atoms with Gasteiger partial charge in [-0.3, -0.25) is 14.9 Å². The minimum absolute atomic E-state index is 0.367. The molecule has 1 saturated heterocycles. The number of aliphatic hydroxyl groups excluding tert-OH is 1. The standard InChI is InChI=1S/C13H15NO5/c15-8-12-11(7-14(17)18)10(13(16)19-12)6-9-4-2-1-3-5-9/h1-5,10-12,15H,6-8H2/t10-,11-,12-/m1/s1. The Hall–Kier alpha value is -1.95. The van der Waals surface area contributed by atoms with Crippen molar-refractivity contribution in [3.05, 3.63) is 46.0 Å². The average molecular weight is 265 g/mol. The predicted molar refractivity (Wildman–Crippen MR) is 66.0 cm³/mol. The van der Waals surface area contributed by atoms with Gasteiger partial charge in [-0.15, -0.1) is 0 Å². The van der Waals surface area contributed by atoms with E-state index in [-0.39, 0.29) is 13.2 Å². The van der Waals surface area contributed by atoms with E-state index in [1.54, 1.807) is 0 Å². The fraction of sp³-hybridized carbons (Fsp3) is 0.462. The first kappa shape index (κ1) is 13.5. The molecule has 0 saturated carbocycles. The third-order valence-electron chi connectivity index (χ3n) is 3.40. The van der Waals surface area contributed by atoms with Crippen LogP contribution in [0.15, 0.2) is 30.3 Å².